The molecule has 5 nitrogen and oxygen atoms in total. The summed E-state index contributed by atoms with van der Waals surface area (Å²) in [6.07, 6.45) is 0.688. The van der Waals surface area contributed by atoms with Crippen LogP contribution in [0.2, 0.25) is 0 Å². The average molecular weight is 292 g/mol. The Hall–Kier alpha value is -1.88. The molecule has 0 radical (unpaired) electrons. The van der Waals surface area contributed by atoms with Crippen molar-refractivity contribution in [2.45, 2.75) is 32.7 Å². The first kappa shape index (κ1) is 17.2. The minimum atomic E-state index is -0.905. The molecule has 0 aliphatic rings. The largest absolute Gasteiger partial charge is 0.481 e. The quantitative estimate of drug-likeness (QED) is 0.681. The Balaban J connectivity index is 2.84. The fraction of sp³-hybridized carbons (Fsp3) is 0.500. The summed E-state index contributed by atoms with van der Waals surface area (Å²) in [5.41, 5.74) is 1.57. The number of carbonyl (C=O) groups excluding carboxylic acids is 1. The molecule has 1 unspecified atom stereocenters. The lowest BCUT2D eigenvalue weighted by Crippen LogP contribution is -2.40. The third-order valence-electron chi connectivity index (χ3n) is 3.42. The van der Waals surface area contributed by atoms with Gasteiger partial charge in [-0.05, 0) is 37.6 Å². The number of hydrogen-bond acceptors (Lipinski definition) is 3. The molecule has 1 amide bonds. The van der Waals surface area contributed by atoms with Crippen LogP contribution < -0.4 is 10.6 Å². The molecule has 116 valence electrons. The van der Waals surface area contributed by atoms with E-state index in [9.17, 15) is 9.59 Å². The minimum Gasteiger partial charge on any atom is -0.481 e. The first-order valence-corrected chi connectivity index (χ1v) is 7.20. The monoisotopic (exact) mass is 292 g/mol. The number of aliphatic carboxylic acids is 1. The molecule has 0 saturated heterocycles. The summed E-state index contributed by atoms with van der Waals surface area (Å²) in [5.74, 6) is -1.05. The minimum absolute atomic E-state index is 0.0644. The van der Waals surface area contributed by atoms with E-state index in [1.165, 1.54) is 0 Å². The van der Waals surface area contributed by atoms with Gasteiger partial charge in [-0.25, -0.2) is 0 Å². The van der Waals surface area contributed by atoms with Gasteiger partial charge in [-0.3, -0.25) is 9.59 Å². The van der Waals surface area contributed by atoms with Gasteiger partial charge in [0.15, 0.2) is 0 Å². The predicted octanol–water partition coefficient (Wildman–Crippen LogP) is 1.68. The molecule has 0 spiro atoms. The van der Waals surface area contributed by atoms with Crippen LogP contribution in [-0.4, -0.2) is 36.6 Å². The Morgan fingerprint density at radius 1 is 1.24 bits per heavy atom. The van der Waals surface area contributed by atoms with E-state index in [4.69, 9.17) is 5.11 Å². The molecular formula is C16H24N2O3. The standard InChI is InChI=1S/C16H24N2O3/c1-11(2)14(10-15(19)20)18-16(21)13-7-5-4-6-12(13)8-9-17-3/h4-7,11,14,17H,8-10H2,1-3H3,(H,18,21)(H,19,20). The van der Waals surface area contributed by atoms with Crippen LogP contribution in [-0.2, 0) is 11.2 Å². The second-order valence-electron chi connectivity index (χ2n) is 5.43. The SMILES string of the molecule is CNCCc1ccccc1C(=O)NC(CC(=O)O)C(C)C. The van der Waals surface area contributed by atoms with Gasteiger partial charge < -0.3 is 15.7 Å². The van der Waals surface area contributed by atoms with E-state index in [-0.39, 0.29) is 24.3 Å². The molecule has 0 fully saturated rings. The molecule has 1 rings (SSSR count). The molecule has 1 aromatic rings. The van der Waals surface area contributed by atoms with Gasteiger partial charge in [0.25, 0.3) is 5.91 Å². The highest BCUT2D eigenvalue weighted by atomic mass is 16.4. The van der Waals surface area contributed by atoms with E-state index in [1.54, 1.807) is 6.07 Å². The summed E-state index contributed by atoms with van der Waals surface area (Å²) in [4.78, 5) is 23.3. The molecule has 0 aliphatic carbocycles. The fourth-order valence-electron chi connectivity index (χ4n) is 2.11. The summed E-state index contributed by atoms with van der Waals surface area (Å²) in [6.45, 7) is 4.59. The van der Waals surface area contributed by atoms with Crippen molar-refractivity contribution < 1.29 is 14.7 Å². The van der Waals surface area contributed by atoms with Crippen molar-refractivity contribution in [1.29, 1.82) is 0 Å². The zero-order valence-electron chi connectivity index (χ0n) is 12.8. The van der Waals surface area contributed by atoms with E-state index >= 15 is 0 Å². The first-order chi connectivity index (χ1) is 9.95. The van der Waals surface area contributed by atoms with Gasteiger partial charge in [-0.1, -0.05) is 32.0 Å². The van der Waals surface area contributed by atoms with Crippen molar-refractivity contribution >= 4 is 11.9 Å². The molecule has 1 aromatic carbocycles. The van der Waals surface area contributed by atoms with Gasteiger partial charge >= 0.3 is 5.97 Å². The number of nitrogens with one attached hydrogen (secondary N) is 2. The van der Waals surface area contributed by atoms with Gasteiger partial charge in [-0.2, -0.15) is 0 Å². The van der Waals surface area contributed by atoms with Crippen molar-refractivity contribution in [2.75, 3.05) is 13.6 Å². The third kappa shape index (κ3) is 5.55. The highest BCUT2D eigenvalue weighted by Gasteiger charge is 2.21. The van der Waals surface area contributed by atoms with E-state index in [1.807, 2.05) is 39.1 Å². The van der Waals surface area contributed by atoms with Gasteiger partial charge in [-0.15, -0.1) is 0 Å². The molecule has 1 atom stereocenters. The summed E-state index contributed by atoms with van der Waals surface area (Å²) < 4.78 is 0. The van der Waals surface area contributed by atoms with Crippen molar-refractivity contribution in [2.24, 2.45) is 5.92 Å². The maximum Gasteiger partial charge on any atom is 0.305 e. The lowest BCUT2D eigenvalue weighted by atomic mass is 9.99. The van der Waals surface area contributed by atoms with Crippen molar-refractivity contribution in [3.63, 3.8) is 0 Å². The summed E-state index contributed by atoms with van der Waals surface area (Å²) in [7, 11) is 1.87. The Morgan fingerprint density at radius 3 is 2.48 bits per heavy atom. The predicted molar refractivity (Wildman–Crippen MR) is 82.4 cm³/mol. The molecule has 0 bridgehead atoms. The third-order valence-corrected chi connectivity index (χ3v) is 3.42. The molecular weight excluding hydrogens is 268 g/mol. The zero-order chi connectivity index (χ0) is 15.8. The van der Waals surface area contributed by atoms with Crippen molar-refractivity contribution in [1.82, 2.24) is 10.6 Å². The van der Waals surface area contributed by atoms with Crippen LogP contribution in [0.3, 0.4) is 0 Å². The summed E-state index contributed by atoms with van der Waals surface area (Å²) in [5, 5.41) is 14.8. The van der Waals surface area contributed by atoms with E-state index in [0.29, 0.717) is 5.56 Å². The van der Waals surface area contributed by atoms with Crippen LogP contribution >= 0.6 is 0 Å². The number of rotatable bonds is 8. The van der Waals surface area contributed by atoms with Crippen LogP contribution in [0, 0.1) is 5.92 Å². The molecule has 0 aliphatic heterocycles. The smallest absolute Gasteiger partial charge is 0.305 e. The number of amides is 1. The Labute approximate surface area is 125 Å². The lowest BCUT2D eigenvalue weighted by Gasteiger charge is -2.21. The Bertz CT molecular complexity index is 486. The summed E-state index contributed by atoms with van der Waals surface area (Å²) in [6, 6.07) is 7.05. The number of likely N-dealkylation sites (N-methyl/N-ethyl adjacent to an activating group) is 1. The number of benzene rings is 1. The molecule has 0 heterocycles. The molecule has 0 aromatic heterocycles. The highest BCUT2D eigenvalue weighted by molar-refractivity contribution is 5.96. The number of carboxylic acids is 1. The lowest BCUT2D eigenvalue weighted by molar-refractivity contribution is -0.137. The molecule has 3 N–H and O–H groups in total. The normalized spacial score (nSPS) is 12.2. The van der Waals surface area contributed by atoms with Crippen LogP contribution in [0.4, 0.5) is 0 Å². The molecule has 0 saturated carbocycles. The fourth-order valence-corrected chi connectivity index (χ4v) is 2.11. The van der Waals surface area contributed by atoms with Crippen LogP contribution in [0.1, 0.15) is 36.2 Å². The highest BCUT2D eigenvalue weighted by Crippen LogP contribution is 2.12. The summed E-state index contributed by atoms with van der Waals surface area (Å²) >= 11 is 0. The zero-order valence-corrected chi connectivity index (χ0v) is 12.8. The number of carbonyl (C=O) groups is 2. The van der Waals surface area contributed by atoms with Crippen LogP contribution in [0.25, 0.3) is 0 Å². The molecule has 21 heavy (non-hydrogen) atoms. The van der Waals surface area contributed by atoms with Crippen molar-refractivity contribution in [3.05, 3.63) is 35.4 Å². The van der Waals surface area contributed by atoms with Crippen LogP contribution in [0.5, 0.6) is 0 Å². The Kier molecular flexibility index (Phi) is 6.88. The second kappa shape index (κ2) is 8.42. The van der Waals surface area contributed by atoms with E-state index in [0.717, 1.165) is 18.5 Å². The number of hydrogen-bond donors (Lipinski definition) is 3. The van der Waals surface area contributed by atoms with Gasteiger partial charge in [0, 0.05) is 11.6 Å². The van der Waals surface area contributed by atoms with Crippen LogP contribution in [0.15, 0.2) is 24.3 Å². The van der Waals surface area contributed by atoms with Gasteiger partial charge in [0.05, 0.1) is 6.42 Å². The first-order valence-electron chi connectivity index (χ1n) is 7.20. The van der Waals surface area contributed by atoms with E-state index in [2.05, 4.69) is 10.6 Å². The second-order valence-corrected chi connectivity index (χ2v) is 5.43. The van der Waals surface area contributed by atoms with E-state index < -0.39 is 5.97 Å². The van der Waals surface area contributed by atoms with Crippen molar-refractivity contribution in [3.8, 4) is 0 Å². The average Bonchev–Trinajstić information content (AvgIpc) is 2.44. The maximum absolute atomic E-state index is 12.4. The number of carboxylic acid groups (broad SMARTS) is 1. The Morgan fingerprint density at radius 2 is 1.90 bits per heavy atom. The maximum atomic E-state index is 12.4. The van der Waals surface area contributed by atoms with Gasteiger partial charge in [0.2, 0.25) is 0 Å². The topological polar surface area (TPSA) is 78.4 Å². The molecule has 5 heteroatoms. The van der Waals surface area contributed by atoms with Gasteiger partial charge in [0.1, 0.15) is 0 Å².